The number of nitrogens with two attached hydrogens (primary N) is 1. The molecule has 0 radical (unpaired) electrons. The van der Waals surface area contributed by atoms with E-state index in [0.29, 0.717) is 11.3 Å². The molecule has 0 atom stereocenters. The molecule has 2 N–H and O–H groups in total. The van der Waals surface area contributed by atoms with Gasteiger partial charge in [-0.1, -0.05) is 0 Å². The van der Waals surface area contributed by atoms with Crippen molar-refractivity contribution in [2.24, 2.45) is 0 Å². The van der Waals surface area contributed by atoms with Crippen LogP contribution in [-0.4, -0.2) is 15.0 Å². The van der Waals surface area contributed by atoms with Crippen molar-refractivity contribution in [3.63, 3.8) is 0 Å². The molecule has 0 spiro atoms. The first-order valence-corrected chi connectivity index (χ1v) is 6.56. The molecule has 0 aromatic carbocycles. The van der Waals surface area contributed by atoms with Crippen LogP contribution in [0.15, 0.2) is 42.7 Å². The molecule has 0 aliphatic carbocycles. The predicted molar refractivity (Wildman–Crippen MR) is 79.8 cm³/mol. The van der Waals surface area contributed by atoms with Crippen molar-refractivity contribution in [2.75, 3.05) is 5.73 Å². The van der Waals surface area contributed by atoms with Crippen LogP contribution in [0.3, 0.4) is 0 Å². The third kappa shape index (κ3) is 2.50. The van der Waals surface area contributed by atoms with Gasteiger partial charge >= 0.3 is 0 Å². The van der Waals surface area contributed by atoms with E-state index in [1.165, 1.54) is 12.1 Å². The molecule has 3 aromatic rings. The molecular weight excluding hydrogens is 286 g/mol. The Hall–Kier alpha value is -2.89. The van der Waals surface area contributed by atoms with Crippen molar-refractivity contribution in [2.45, 2.75) is 6.92 Å². The van der Waals surface area contributed by atoms with E-state index in [1.54, 1.807) is 31.5 Å². The van der Waals surface area contributed by atoms with E-state index in [2.05, 4.69) is 15.0 Å². The van der Waals surface area contributed by atoms with Gasteiger partial charge in [0, 0.05) is 18.0 Å². The van der Waals surface area contributed by atoms with Crippen LogP contribution in [0.25, 0.3) is 22.6 Å². The summed E-state index contributed by atoms with van der Waals surface area (Å²) in [7, 11) is 0. The van der Waals surface area contributed by atoms with E-state index in [1.807, 2.05) is 6.07 Å². The van der Waals surface area contributed by atoms with E-state index < -0.39 is 11.8 Å². The molecule has 0 fully saturated rings. The number of rotatable bonds is 2. The molecule has 0 aliphatic heterocycles. The number of pyridine rings is 3. The summed E-state index contributed by atoms with van der Waals surface area (Å²) in [4.78, 5) is 11.9. The van der Waals surface area contributed by atoms with E-state index in [4.69, 9.17) is 5.73 Å². The number of halogens is 2. The topological polar surface area (TPSA) is 64.7 Å². The summed E-state index contributed by atoms with van der Waals surface area (Å²) >= 11 is 0. The summed E-state index contributed by atoms with van der Waals surface area (Å²) in [5.41, 5.74) is 7.05. The molecule has 22 heavy (non-hydrogen) atoms. The summed E-state index contributed by atoms with van der Waals surface area (Å²) in [5.74, 6) is -1.38. The third-order valence-corrected chi connectivity index (χ3v) is 3.22. The molecule has 3 rings (SSSR count). The molecule has 4 nitrogen and oxygen atoms in total. The van der Waals surface area contributed by atoms with Crippen LogP contribution in [0.5, 0.6) is 0 Å². The average molecular weight is 298 g/mol. The van der Waals surface area contributed by atoms with Gasteiger partial charge in [-0.05, 0) is 42.8 Å². The quantitative estimate of drug-likeness (QED) is 0.737. The summed E-state index contributed by atoms with van der Waals surface area (Å²) in [6.45, 7) is 1.62. The van der Waals surface area contributed by atoms with Crippen molar-refractivity contribution < 1.29 is 8.78 Å². The van der Waals surface area contributed by atoms with Crippen molar-refractivity contribution in [3.8, 4) is 22.6 Å². The Kier molecular flexibility index (Phi) is 3.50. The molecule has 0 saturated carbocycles. The van der Waals surface area contributed by atoms with Gasteiger partial charge in [0.25, 0.3) is 0 Å². The maximum Gasteiger partial charge on any atom is 0.236 e. The molecule has 0 unspecified atom stereocenters. The Morgan fingerprint density at radius 2 is 1.86 bits per heavy atom. The molecular formula is C16H12F2N4. The summed E-state index contributed by atoms with van der Waals surface area (Å²) in [5, 5.41) is 0. The highest BCUT2D eigenvalue weighted by Crippen LogP contribution is 2.27. The molecule has 0 bridgehead atoms. The number of anilines is 1. The fourth-order valence-electron chi connectivity index (χ4n) is 2.07. The highest BCUT2D eigenvalue weighted by Gasteiger charge is 2.15. The molecule has 6 heteroatoms. The number of nitrogens with zero attached hydrogens (tertiary/aromatic N) is 3. The smallest absolute Gasteiger partial charge is 0.236 e. The minimum Gasteiger partial charge on any atom is -0.395 e. The van der Waals surface area contributed by atoms with Crippen LogP contribution in [0.1, 0.15) is 5.56 Å². The lowest BCUT2D eigenvalue weighted by Crippen LogP contribution is -2.01. The van der Waals surface area contributed by atoms with Crippen molar-refractivity contribution in [3.05, 3.63) is 60.1 Å². The van der Waals surface area contributed by atoms with E-state index in [0.717, 1.165) is 5.56 Å². The Morgan fingerprint density at radius 1 is 1.05 bits per heavy atom. The summed E-state index contributed by atoms with van der Waals surface area (Å²) in [6.07, 6.45) is 3.26. The highest BCUT2D eigenvalue weighted by atomic mass is 19.1. The molecule has 0 aliphatic rings. The second-order valence-corrected chi connectivity index (χ2v) is 4.81. The van der Waals surface area contributed by atoms with Gasteiger partial charge in [-0.2, -0.15) is 4.39 Å². The summed E-state index contributed by atoms with van der Waals surface area (Å²) < 4.78 is 27.9. The predicted octanol–water partition coefficient (Wildman–Crippen LogP) is 3.37. The van der Waals surface area contributed by atoms with Gasteiger partial charge in [-0.25, -0.2) is 14.4 Å². The van der Waals surface area contributed by atoms with Gasteiger partial charge < -0.3 is 5.73 Å². The summed E-state index contributed by atoms with van der Waals surface area (Å²) in [6, 6.07) is 7.97. The molecule has 3 heterocycles. The molecule has 0 saturated heterocycles. The van der Waals surface area contributed by atoms with Crippen molar-refractivity contribution >= 4 is 5.69 Å². The van der Waals surface area contributed by atoms with Gasteiger partial charge in [0.2, 0.25) is 5.95 Å². The fourth-order valence-corrected chi connectivity index (χ4v) is 2.07. The van der Waals surface area contributed by atoms with Gasteiger partial charge in [0.1, 0.15) is 5.69 Å². The highest BCUT2D eigenvalue weighted by molar-refractivity contribution is 5.66. The van der Waals surface area contributed by atoms with Crippen molar-refractivity contribution in [1.29, 1.82) is 0 Å². The van der Waals surface area contributed by atoms with Crippen LogP contribution < -0.4 is 5.73 Å². The molecule has 3 aromatic heterocycles. The Morgan fingerprint density at radius 3 is 2.55 bits per heavy atom. The van der Waals surface area contributed by atoms with Crippen LogP contribution in [0.4, 0.5) is 14.5 Å². The largest absolute Gasteiger partial charge is 0.395 e. The molecule has 0 amide bonds. The second-order valence-electron chi connectivity index (χ2n) is 4.81. The van der Waals surface area contributed by atoms with Crippen molar-refractivity contribution in [1.82, 2.24) is 15.0 Å². The lowest BCUT2D eigenvalue weighted by atomic mass is 10.1. The maximum atomic E-state index is 14.3. The number of aromatic nitrogens is 3. The van der Waals surface area contributed by atoms with Crippen LogP contribution in [0, 0.1) is 18.7 Å². The number of hydrogen-bond acceptors (Lipinski definition) is 4. The maximum absolute atomic E-state index is 14.3. The lowest BCUT2D eigenvalue weighted by molar-refractivity contribution is 0.587. The third-order valence-electron chi connectivity index (χ3n) is 3.22. The zero-order valence-corrected chi connectivity index (χ0v) is 11.7. The normalized spacial score (nSPS) is 10.7. The minimum atomic E-state index is -0.844. The van der Waals surface area contributed by atoms with E-state index >= 15 is 0 Å². The monoisotopic (exact) mass is 298 g/mol. The number of hydrogen-bond donors (Lipinski definition) is 1. The Bertz CT molecular complexity index is 835. The minimum absolute atomic E-state index is 0.0160. The Labute approximate surface area is 125 Å². The number of aryl methyl sites for hydroxylation is 1. The van der Waals surface area contributed by atoms with Gasteiger partial charge in [-0.3, -0.25) is 4.98 Å². The first kappa shape index (κ1) is 14.1. The molecule has 110 valence electrons. The van der Waals surface area contributed by atoms with E-state index in [-0.39, 0.29) is 17.1 Å². The van der Waals surface area contributed by atoms with Crippen LogP contribution in [-0.2, 0) is 0 Å². The zero-order chi connectivity index (χ0) is 15.7. The first-order chi connectivity index (χ1) is 10.6. The standard InChI is InChI=1S/C16H12F2N4/c1-9-7-13(10-3-2-6-20-8-10)21-15(14(9)17)12-5-4-11(19)16(18)22-12/h2-8H,19H2,1H3. The SMILES string of the molecule is Cc1cc(-c2cccnc2)nc(-c2ccc(N)c(F)n2)c1F. The lowest BCUT2D eigenvalue weighted by Gasteiger charge is -2.09. The zero-order valence-electron chi connectivity index (χ0n) is 11.7. The van der Waals surface area contributed by atoms with Gasteiger partial charge in [0.05, 0.1) is 17.1 Å². The van der Waals surface area contributed by atoms with E-state index in [9.17, 15) is 8.78 Å². The second kappa shape index (κ2) is 5.48. The van der Waals surface area contributed by atoms with Gasteiger partial charge in [-0.15, -0.1) is 0 Å². The first-order valence-electron chi connectivity index (χ1n) is 6.56. The fraction of sp³-hybridized carbons (Fsp3) is 0.0625. The Balaban J connectivity index is 2.19. The van der Waals surface area contributed by atoms with Crippen LogP contribution >= 0.6 is 0 Å². The van der Waals surface area contributed by atoms with Crippen LogP contribution in [0.2, 0.25) is 0 Å². The van der Waals surface area contributed by atoms with Gasteiger partial charge in [0.15, 0.2) is 5.82 Å². The number of nitrogen functional groups attached to an aromatic ring is 1. The average Bonchev–Trinajstić information content (AvgIpc) is 2.53.